The van der Waals surface area contributed by atoms with Crippen molar-refractivity contribution in [3.8, 4) is 5.75 Å². The summed E-state index contributed by atoms with van der Waals surface area (Å²) >= 11 is 0. The molecule has 2 aromatic rings. The van der Waals surface area contributed by atoms with Gasteiger partial charge in [0.25, 0.3) is 0 Å². The standard InChI is InChI=1S/C19H23N3O3/c1-25-17-16(19(23)24)21-12-22-18(17)20-11-13-6-5-9-15(10-13)14-7-3-2-4-8-14/h2-4,7-8,12-13,15H,5-6,9-11H2,1H3,(H,23,24)(H,20,21,22)/t13-,15+/m0/s1. The van der Waals surface area contributed by atoms with Crippen LogP contribution in [0.1, 0.15) is 47.7 Å². The molecule has 1 fully saturated rings. The van der Waals surface area contributed by atoms with Gasteiger partial charge in [0.15, 0.2) is 17.3 Å². The molecule has 0 amide bonds. The number of nitrogens with zero attached hydrogens (tertiary/aromatic N) is 2. The maximum atomic E-state index is 11.2. The van der Waals surface area contributed by atoms with E-state index in [4.69, 9.17) is 4.74 Å². The number of anilines is 1. The zero-order valence-corrected chi connectivity index (χ0v) is 14.3. The van der Waals surface area contributed by atoms with Gasteiger partial charge in [-0.3, -0.25) is 0 Å². The smallest absolute Gasteiger partial charge is 0.358 e. The van der Waals surface area contributed by atoms with Crippen molar-refractivity contribution < 1.29 is 14.6 Å². The zero-order chi connectivity index (χ0) is 17.6. The molecule has 2 N–H and O–H groups in total. The fraction of sp³-hybridized carbons (Fsp3) is 0.421. The SMILES string of the molecule is COc1c(NC[C@H]2CCC[C@@H](c3ccccc3)C2)ncnc1C(=O)O. The lowest BCUT2D eigenvalue weighted by atomic mass is 9.78. The van der Waals surface area contributed by atoms with Gasteiger partial charge in [0, 0.05) is 6.54 Å². The number of ether oxygens (including phenoxy) is 1. The van der Waals surface area contributed by atoms with Crippen molar-refractivity contribution in [1.82, 2.24) is 9.97 Å². The Labute approximate surface area is 147 Å². The van der Waals surface area contributed by atoms with Gasteiger partial charge in [0.2, 0.25) is 0 Å². The van der Waals surface area contributed by atoms with Crippen molar-refractivity contribution in [2.75, 3.05) is 19.0 Å². The van der Waals surface area contributed by atoms with E-state index in [9.17, 15) is 9.90 Å². The summed E-state index contributed by atoms with van der Waals surface area (Å²) in [6.07, 6.45) is 5.96. The van der Waals surface area contributed by atoms with E-state index in [1.807, 2.05) is 6.07 Å². The Morgan fingerprint density at radius 3 is 2.80 bits per heavy atom. The largest absolute Gasteiger partial charge is 0.491 e. The lowest BCUT2D eigenvalue weighted by Gasteiger charge is -2.30. The zero-order valence-electron chi connectivity index (χ0n) is 14.3. The van der Waals surface area contributed by atoms with Gasteiger partial charge in [0.1, 0.15) is 6.33 Å². The highest BCUT2D eigenvalue weighted by atomic mass is 16.5. The van der Waals surface area contributed by atoms with Crippen LogP contribution < -0.4 is 10.1 Å². The first-order valence-corrected chi connectivity index (χ1v) is 8.60. The summed E-state index contributed by atoms with van der Waals surface area (Å²) in [5.74, 6) is 0.613. The molecule has 0 unspecified atom stereocenters. The summed E-state index contributed by atoms with van der Waals surface area (Å²) in [7, 11) is 1.43. The quantitative estimate of drug-likeness (QED) is 0.835. The molecule has 25 heavy (non-hydrogen) atoms. The van der Waals surface area contributed by atoms with Crippen molar-refractivity contribution in [2.45, 2.75) is 31.6 Å². The number of carbonyl (C=O) groups is 1. The first kappa shape index (κ1) is 17.2. The first-order valence-electron chi connectivity index (χ1n) is 8.60. The van der Waals surface area contributed by atoms with Crippen molar-refractivity contribution in [3.63, 3.8) is 0 Å². The third-order valence-corrected chi connectivity index (χ3v) is 4.82. The van der Waals surface area contributed by atoms with E-state index < -0.39 is 5.97 Å². The number of benzene rings is 1. The van der Waals surface area contributed by atoms with Crippen LogP contribution in [0.2, 0.25) is 0 Å². The van der Waals surface area contributed by atoms with E-state index in [1.54, 1.807) is 0 Å². The molecule has 1 aromatic carbocycles. The van der Waals surface area contributed by atoms with E-state index in [0.29, 0.717) is 17.7 Å². The van der Waals surface area contributed by atoms with Gasteiger partial charge in [0.05, 0.1) is 7.11 Å². The Hall–Kier alpha value is -2.63. The van der Waals surface area contributed by atoms with Crippen molar-refractivity contribution >= 4 is 11.8 Å². The Morgan fingerprint density at radius 1 is 1.28 bits per heavy atom. The first-order chi connectivity index (χ1) is 12.2. The monoisotopic (exact) mass is 341 g/mol. The molecule has 3 rings (SSSR count). The number of hydrogen-bond acceptors (Lipinski definition) is 5. The van der Waals surface area contributed by atoms with E-state index >= 15 is 0 Å². The normalized spacial score (nSPS) is 20.0. The van der Waals surface area contributed by atoms with Gasteiger partial charge in [-0.1, -0.05) is 36.8 Å². The van der Waals surface area contributed by atoms with Gasteiger partial charge in [-0.05, 0) is 36.7 Å². The molecule has 1 aromatic heterocycles. The van der Waals surface area contributed by atoms with Crippen molar-refractivity contribution in [2.24, 2.45) is 5.92 Å². The number of nitrogens with one attached hydrogen (secondary N) is 1. The third-order valence-electron chi connectivity index (χ3n) is 4.82. The van der Waals surface area contributed by atoms with Crippen LogP contribution in [-0.2, 0) is 0 Å². The van der Waals surface area contributed by atoms with Crippen LogP contribution >= 0.6 is 0 Å². The lowest BCUT2D eigenvalue weighted by molar-refractivity contribution is 0.0686. The second-order valence-corrected chi connectivity index (χ2v) is 6.43. The fourth-order valence-corrected chi connectivity index (χ4v) is 3.59. The highest BCUT2D eigenvalue weighted by Gasteiger charge is 2.24. The molecule has 0 bridgehead atoms. The second kappa shape index (κ2) is 7.96. The highest BCUT2D eigenvalue weighted by Crippen LogP contribution is 2.36. The minimum atomic E-state index is -1.12. The van der Waals surface area contributed by atoms with Crippen LogP contribution in [0.25, 0.3) is 0 Å². The minimum absolute atomic E-state index is 0.120. The number of rotatable bonds is 6. The van der Waals surface area contributed by atoms with E-state index in [2.05, 4.69) is 39.6 Å². The highest BCUT2D eigenvalue weighted by molar-refractivity contribution is 5.90. The van der Waals surface area contributed by atoms with Gasteiger partial charge < -0.3 is 15.2 Å². The van der Waals surface area contributed by atoms with Gasteiger partial charge in [-0.15, -0.1) is 0 Å². The molecule has 6 heteroatoms. The molecule has 0 spiro atoms. The van der Waals surface area contributed by atoms with Crippen LogP contribution in [-0.4, -0.2) is 34.7 Å². The Morgan fingerprint density at radius 2 is 2.08 bits per heavy atom. The maximum Gasteiger partial charge on any atom is 0.358 e. The number of carboxylic acids is 1. The molecule has 0 aliphatic heterocycles. The second-order valence-electron chi connectivity index (χ2n) is 6.43. The summed E-state index contributed by atoms with van der Waals surface area (Å²) in [4.78, 5) is 19.2. The fourth-order valence-electron chi connectivity index (χ4n) is 3.59. The van der Waals surface area contributed by atoms with Crippen molar-refractivity contribution in [1.29, 1.82) is 0 Å². The van der Waals surface area contributed by atoms with E-state index in [0.717, 1.165) is 19.4 Å². The van der Waals surface area contributed by atoms with Crippen LogP contribution in [0.4, 0.5) is 5.82 Å². The number of aromatic nitrogens is 2. The summed E-state index contributed by atoms with van der Waals surface area (Å²) in [5, 5.41) is 12.5. The maximum absolute atomic E-state index is 11.2. The third kappa shape index (κ3) is 4.07. The van der Waals surface area contributed by atoms with Crippen LogP contribution in [0.5, 0.6) is 5.75 Å². The Bertz CT molecular complexity index is 721. The number of carboxylic acid groups (broad SMARTS) is 1. The Kier molecular flexibility index (Phi) is 5.48. The van der Waals surface area contributed by atoms with Gasteiger partial charge in [-0.2, -0.15) is 0 Å². The summed E-state index contributed by atoms with van der Waals surface area (Å²) in [6.45, 7) is 0.746. The molecular weight excluding hydrogens is 318 g/mol. The molecule has 2 atom stereocenters. The minimum Gasteiger partial charge on any atom is -0.491 e. The predicted octanol–water partition coefficient (Wildman–Crippen LogP) is 3.57. The number of methoxy groups -OCH3 is 1. The van der Waals surface area contributed by atoms with Crippen molar-refractivity contribution in [3.05, 3.63) is 47.9 Å². The summed E-state index contributed by atoms with van der Waals surface area (Å²) < 4.78 is 5.20. The Balaban J connectivity index is 1.66. The summed E-state index contributed by atoms with van der Waals surface area (Å²) in [6, 6.07) is 10.6. The average molecular weight is 341 g/mol. The molecular formula is C19H23N3O3. The van der Waals surface area contributed by atoms with Gasteiger partial charge >= 0.3 is 5.97 Å². The number of aromatic carboxylic acids is 1. The topological polar surface area (TPSA) is 84.3 Å². The lowest BCUT2D eigenvalue weighted by Crippen LogP contribution is -2.22. The van der Waals surface area contributed by atoms with Crippen LogP contribution in [0, 0.1) is 5.92 Å². The molecule has 1 aliphatic carbocycles. The van der Waals surface area contributed by atoms with Gasteiger partial charge in [-0.25, -0.2) is 14.8 Å². The number of hydrogen-bond donors (Lipinski definition) is 2. The molecule has 0 radical (unpaired) electrons. The van der Waals surface area contributed by atoms with Crippen LogP contribution in [0.15, 0.2) is 36.7 Å². The summed E-state index contributed by atoms with van der Waals surface area (Å²) in [5.41, 5.74) is 1.28. The average Bonchev–Trinajstić information content (AvgIpc) is 2.66. The molecule has 6 nitrogen and oxygen atoms in total. The van der Waals surface area contributed by atoms with E-state index in [1.165, 1.54) is 31.8 Å². The molecule has 1 aliphatic rings. The molecule has 0 saturated heterocycles. The molecule has 1 heterocycles. The van der Waals surface area contributed by atoms with E-state index in [-0.39, 0.29) is 11.4 Å². The van der Waals surface area contributed by atoms with Crippen LogP contribution in [0.3, 0.4) is 0 Å². The predicted molar refractivity (Wildman–Crippen MR) is 95.2 cm³/mol. The molecule has 132 valence electrons. The molecule has 1 saturated carbocycles.